The second kappa shape index (κ2) is 5.36. The van der Waals surface area contributed by atoms with E-state index in [9.17, 15) is 0 Å². The van der Waals surface area contributed by atoms with E-state index in [0.29, 0.717) is 11.9 Å². The van der Waals surface area contributed by atoms with Gasteiger partial charge < -0.3 is 5.73 Å². The van der Waals surface area contributed by atoms with Crippen molar-refractivity contribution in [3.8, 4) is 0 Å². The van der Waals surface area contributed by atoms with Crippen LogP contribution in [0, 0.1) is 0 Å². The van der Waals surface area contributed by atoms with Crippen LogP contribution in [-0.2, 0) is 6.42 Å². The first kappa shape index (κ1) is 12.2. The van der Waals surface area contributed by atoms with Crippen molar-refractivity contribution < 1.29 is 0 Å². The van der Waals surface area contributed by atoms with Gasteiger partial charge in [-0.15, -0.1) is 0 Å². The molecule has 1 aromatic heterocycles. The lowest BCUT2D eigenvalue weighted by molar-refractivity contribution is 0.466. The number of nitrogens with two attached hydrogens (primary N) is 1. The number of hydrogen-bond acceptors (Lipinski definition) is 2. The predicted octanol–water partition coefficient (Wildman–Crippen LogP) is 3.42. The summed E-state index contributed by atoms with van der Waals surface area (Å²) in [7, 11) is 0. The lowest BCUT2D eigenvalue weighted by atomic mass is 10.1. The molecule has 0 saturated carbocycles. The van der Waals surface area contributed by atoms with Gasteiger partial charge in [-0.1, -0.05) is 30.3 Å². The fraction of sp³-hybridized carbons (Fsp3) is 0.308. The molecule has 17 heavy (non-hydrogen) atoms. The third-order valence-electron chi connectivity index (χ3n) is 2.90. The van der Waals surface area contributed by atoms with Gasteiger partial charge in [-0.3, -0.25) is 0 Å². The first-order chi connectivity index (χ1) is 8.18. The minimum Gasteiger partial charge on any atom is -0.383 e. The maximum absolute atomic E-state index is 5.93. The number of anilines is 1. The minimum atomic E-state index is 0.307. The van der Waals surface area contributed by atoms with Crippen molar-refractivity contribution in [2.45, 2.75) is 25.8 Å². The van der Waals surface area contributed by atoms with Crippen LogP contribution in [0.5, 0.6) is 0 Å². The highest BCUT2D eigenvalue weighted by molar-refractivity contribution is 9.10. The smallest absolute Gasteiger partial charge is 0.136 e. The summed E-state index contributed by atoms with van der Waals surface area (Å²) in [5.41, 5.74) is 7.28. The van der Waals surface area contributed by atoms with Gasteiger partial charge in [0.05, 0.1) is 16.7 Å². The van der Waals surface area contributed by atoms with Crippen molar-refractivity contribution in [3.63, 3.8) is 0 Å². The van der Waals surface area contributed by atoms with Gasteiger partial charge in [-0.25, -0.2) is 4.68 Å². The molecule has 4 heteroatoms. The Hall–Kier alpha value is -1.29. The summed E-state index contributed by atoms with van der Waals surface area (Å²) in [6.45, 7) is 2.14. The molecule has 0 aliphatic carbocycles. The Morgan fingerprint density at radius 2 is 2.06 bits per heavy atom. The third kappa shape index (κ3) is 2.88. The minimum absolute atomic E-state index is 0.307. The van der Waals surface area contributed by atoms with Gasteiger partial charge in [0.15, 0.2) is 0 Å². The van der Waals surface area contributed by atoms with E-state index in [1.165, 1.54) is 5.56 Å². The second-order valence-corrected chi connectivity index (χ2v) is 5.05. The molecule has 3 nitrogen and oxygen atoms in total. The fourth-order valence-corrected chi connectivity index (χ4v) is 2.12. The maximum atomic E-state index is 5.93. The number of rotatable bonds is 4. The highest BCUT2D eigenvalue weighted by atomic mass is 79.9. The number of hydrogen-bond donors (Lipinski definition) is 1. The molecule has 1 aromatic carbocycles. The molecule has 1 heterocycles. The number of benzene rings is 1. The number of halogens is 1. The van der Waals surface area contributed by atoms with Gasteiger partial charge in [-0.2, -0.15) is 5.10 Å². The summed E-state index contributed by atoms with van der Waals surface area (Å²) in [6, 6.07) is 10.8. The van der Waals surface area contributed by atoms with Crippen LogP contribution in [0.4, 0.5) is 5.82 Å². The van der Waals surface area contributed by atoms with Crippen LogP contribution < -0.4 is 5.73 Å². The topological polar surface area (TPSA) is 43.8 Å². The van der Waals surface area contributed by atoms with Crippen LogP contribution in [0.1, 0.15) is 24.9 Å². The Kier molecular flexibility index (Phi) is 3.84. The molecule has 0 spiro atoms. The van der Waals surface area contributed by atoms with E-state index < -0.39 is 0 Å². The van der Waals surface area contributed by atoms with Gasteiger partial charge >= 0.3 is 0 Å². The molecule has 0 amide bonds. The fourth-order valence-electron chi connectivity index (χ4n) is 1.84. The number of aryl methyl sites for hydroxylation is 1. The van der Waals surface area contributed by atoms with Crippen LogP contribution in [0.25, 0.3) is 0 Å². The van der Waals surface area contributed by atoms with Crippen LogP contribution in [-0.4, -0.2) is 9.78 Å². The summed E-state index contributed by atoms with van der Waals surface area (Å²) in [5.74, 6) is 0.700. The van der Waals surface area contributed by atoms with Crippen LogP contribution >= 0.6 is 15.9 Å². The molecule has 0 saturated heterocycles. The molecule has 2 rings (SSSR count). The van der Waals surface area contributed by atoms with E-state index in [1.54, 1.807) is 6.20 Å². The average Bonchev–Trinajstić information content (AvgIpc) is 2.69. The van der Waals surface area contributed by atoms with Gasteiger partial charge in [0.1, 0.15) is 5.82 Å². The maximum Gasteiger partial charge on any atom is 0.136 e. The molecule has 0 aliphatic rings. The largest absolute Gasteiger partial charge is 0.383 e. The van der Waals surface area contributed by atoms with Crippen LogP contribution in [0.2, 0.25) is 0 Å². The molecule has 2 N–H and O–H groups in total. The second-order valence-electron chi connectivity index (χ2n) is 4.20. The zero-order chi connectivity index (χ0) is 12.3. The van der Waals surface area contributed by atoms with Crippen molar-refractivity contribution in [1.82, 2.24) is 9.78 Å². The summed E-state index contributed by atoms with van der Waals surface area (Å²) < 4.78 is 2.73. The molecule has 90 valence electrons. The molecule has 0 aliphatic heterocycles. The quantitative estimate of drug-likeness (QED) is 0.939. The molecule has 0 radical (unpaired) electrons. The Balaban J connectivity index is 1.98. The number of nitrogens with zero attached hydrogens (tertiary/aromatic N) is 2. The van der Waals surface area contributed by atoms with E-state index in [1.807, 2.05) is 10.7 Å². The Morgan fingerprint density at radius 3 is 2.65 bits per heavy atom. The predicted molar refractivity (Wildman–Crippen MR) is 73.8 cm³/mol. The summed E-state index contributed by atoms with van der Waals surface area (Å²) in [6.07, 6.45) is 3.82. The molecular weight excluding hydrogens is 278 g/mol. The highest BCUT2D eigenvalue weighted by Crippen LogP contribution is 2.23. The Bertz CT molecular complexity index is 479. The van der Waals surface area contributed by atoms with Crippen molar-refractivity contribution in [2.24, 2.45) is 0 Å². The standard InChI is InChI=1S/C13H16BrN3/c1-10(17-13(15)12(14)9-16-17)7-8-11-5-3-2-4-6-11/h2-6,9-10H,7-8,15H2,1H3. The normalized spacial score (nSPS) is 12.6. The van der Waals surface area contributed by atoms with Crippen molar-refractivity contribution in [1.29, 1.82) is 0 Å². The summed E-state index contributed by atoms with van der Waals surface area (Å²) in [4.78, 5) is 0. The lowest BCUT2D eigenvalue weighted by Gasteiger charge is -2.13. The molecule has 1 atom stereocenters. The summed E-state index contributed by atoms with van der Waals surface area (Å²) in [5, 5.41) is 4.27. The monoisotopic (exact) mass is 293 g/mol. The van der Waals surface area contributed by atoms with Crippen LogP contribution in [0.15, 0.2) is 41.0 Å². The van der Waals surface area contributed by atoms with E-state index in [0.717, 1.165) is 17.3 Å². The Morgan fingerprint density at radius 1 is 1.35 bits per heavy atom. The average molecular weight is 294 g/mol. The van der Waals surface area contributed by atoms with Crippen molar-refractivity contribution >= 4 is 21.7 Å². The number of aromatic nitrogens is 2. The van der Waals surface area contributed by atoms with E-state index in [4.69, 9.17) is 5.73 Å². The molecule has 2 aromatic rings. The molecule has 0 bridgehead atoms. The van der Waals surface area contributed by atoms with Gasteiger partial charge in [0.25, 0.3) is 0 Å². The molecular formula is C13H16BrN3. The number of nitrogen functional groups attached to an aromatic ring is 1. The van der Waals surface area contributed by atoms with Gasteiger partial charge in [0, 0.05) is 0 Å². The van der Waals surface area contributed by atoms with E-state index in [2.05, 4.69) is 52.2 Å². The lowest BCUT2D eigenvalue weighted by Crippen LogP contribution is -2.11. The first-order valence-corrected chi connectivity index (χ1v) is 6.50. The van der Waals surface area contributed by atoms with Crippen LogP contribution in [0.3, 0.4) is 0 Å². The first-order valence-electron chi connectivity index (χ1n) is 5.71. The molecule has 1 unspecified atom stereocenters. The van der Waals surface area contributed by atoms with Gasteiger partial charge in [-0.05, 0) is 41.3 Å². The molecule has 0 fully saturated rings. The SMILES string of the molecule is CC(CCc1ccccc1)n1ncc(Br)c1N. The van der Waals surface area contributed by atoms with E-state index in [-0.39, 0.29) is 0 Å². The van der Waals surface area contributed by atoms with E-state index >= 15 is 0 Å². The zero-order valence-corrected chi connectivity index (χ0v) is 11.4. The zero-order valence-electron chi connectivity index (χ0n) is 9.81. The Labute approximate surface area is 110 Å². The third-order valence-corrected chi connectivity index (χ3v) is 3.51. The van der Waals surface area contributed by atoms with Crippen molar-refractivity contribution in [3.05, 3.63) is 46.6 Å². The van der Waals surface area contributed by atoms with Crippen molar-refractivity contribution in [2.75, 3.05) is 5.73 Å². The highest BCUT2D eigenvalue weighted by Gasteiger charge is 2.11. The van der Waals surface area contributed by atoms with Gasteiger partial charge in [0.2, 0.25) is 0 Å². The summed E-state index contributed by atoms with van der Waals surface area (Å²) >= 11 is 3.37.